The van der Waals surface area contributed by atoms with Crippen LogP contribution in [0.1, 0.15) is 34.6 Å². The lowest BCUT2D eigenvalue weighted by Gasteiger charge is -2.37. The molecule has 4 heterocycles. The molecule has 0 aromatic heterocycles. The van der Waals surface area contributed by atoms with E-state index in [1.165, 1.54) is 0 Å². The average molecular weight is 402 g/mol. The van der Waals surface area contributed by atoms with Crippen LogP contribution in [0.4, 0.5) is 4.79 Å². The van der Waals surface area contributed by atoms with E-state index in [2.05, 4.69) is 0 Å². The zero-order valence-electron chi connectivity index (χ0n) is 16.6. The van der Waals surface area contributed by atoms with Crippen molar-refractivity contribution in [1.82, 2.24) is 0 Å². The molecule has 0 spiro atoms. The fourth-order valence-corrected chi connectivity index (χ4v) is 3.80. The molecule has 0 saturated carbocycles. The number of carbonyl (C=O) groups excluding carboxylic acids is 2. The highest BCUT2D eigenvalue weighted by molar-refractivity contribution is 5.78. The molecule has 0 bridgehead atoms. The summed E-state index contributed by atoms with van der Waals surface area (Å²) in [7, 11) is 0. The summed E-state index contributed by atoms with van der Waals surface area (Å²) in [6, 6.07) is 0. The number of hydrogen-bond donors (Lipinski definition) is 0. The summed E-state index contributed by atoms with van der Waals surface area (Å²) >= 11 is 0. The Morgan fingerprint density at radius 2 is 1.50 bits per heavy atom. The van der Waals surface area contributed by atoms with Crippen LogP contribution in [0.2, 0.25) is 0 Å². The van der Waals surface area contributed by atoms with E-state index in [0.717, 1.165) is 0 Å². The van der Waals surface area contributed by atoms with E-state index in [-0.39, 0.29) is 19.8 Å². The van der Waals surface area contributed by atoms with Gasteiger partial charge in [-0.1, -0.05) is 0 Å². The van der Waals surface area contributed by atoms with Gasteiger partial charge in [-0.3, -0.25) is 4.79 Å². The molecule has 0 aliphatic carbocycles. The van der Waals surface area contributed by atoms with E-state index < -0.39 is 59.8 Å². The molecule has 0 amide bonds. The predicted molar refractivity (Wildman–Crippen MR) is 88.9 cm³/mol. The zero-order valence-corrected chi connectivity index (χ0v) is 16.6. The van der Waals surface area contributed by atoms with Crippen LogP contribution in [-0.4, -0.2) is 74.2 Å². The maximum absolute atomic E-state index is 12.5. The molecule has 4 unspecified atom stereocenters. The predicted octanol–water partition coefficient (Wildman–Crippen LogP) is 1.10. The molecule has 4 aliphatic rings. The summed E-state index contributed by atoms with van der Waals surface area (Å²) < 4.78 is 44.8. The van der Waals surface area contributed by atoms with Crippen molar-refractivity contribution in [3.8, 4) is 0 Å². The molecule has 10 nitrogen and oxygen atoms in total. The largest absolute Gasteiger partial charge is 0.508 e. The molecule has 4 fully saturated rings. The van der Waals surface area contributed by atoms with Crippen molar-refractivity contribution in [3.63, 3.8) is 0 Å². The van der Waals surface area contributed by atoms with Gasteiger partial charge in [-0.2, -0.15) is 0 Å². The third-order valence-electron chi connectivity index (χ3n) is 5.14. The molecule has 0 radical (unpaired) electrons. The van der Waals surface area contributed by atoms with Gasteiger partial charge in [0.25, 0.3) is 0 Å². The number of rotatable bonds is 3. The molecule has 28 heavy (non-hydrogen) atoms. The van der Waals surface area contributed by atoms with Crippen molar-refractivity contribution in [3.05, 3.63) is 0 Å². The molecule has 4 aliphatic heterocycles. The lowest BCUT2D eigenvalue weighted by Crippen LogP contribution is -2.56. The fraction of sp³-hybridized carbons (Fsp3) is 0.889. The summed E-state index contributed by atoms with van der Waals surface area (Å²) in [5.41, 5.74) is -1.08. The second-order valence-corrected chi connectivity index (χ2v) is 8.69. The molecule has 5 atom stereocenters. The molecule has 0 aromatic rings. The first kappa shape index (κ1) is 19.8. The number of carbonyl (C=O) groups is 2. The van der Waals surface area contributed by atoms with Crippen LogP contribution in [0.3, 0.4) is 0 Å². The number of hydrogen-bond acceptors (Lipinski definition) is 10. The van der Waals surface area contributed by atoms with Crippen LogP contribution >= 0.6 is 0 Å². The van der Waals surface area contributed by atoms with Gasteiger partial charge in [-0.05, 0) is 34.6 Å². The van der Waals surface area contributed by atoms with E-state index in [0.29, 0.717) is 0 Å². The Morgan fingerprint density at radius 1 is 0.929 bits per heavy atom. The molecule has 4 saturated heterocycles. The molecule has 158 valence electrons. The second kappa shape index (κ2) is 6.53. The second-order valence-electron chi connectivity index (χ2n) is 8.69. The highest BCUT2D eigenvalue weighted by Crippen LogP contribution is 2.44. The van der Waals surface area contributed by atoms with Gasteiger partial charge in [0, 0.05) is 0 Å². The Morgan fingerprint density at radius 3 is 2.18 bits per heavy atom. The van der Waals surface area contributed by atoms with Gasteiger partial charge in [-0.15, -0.1) is 0 Å². The first-order chi connectivity index (χ1) is 13.0. The lowest BCUT2D eigenvalue weighted by atomic mass is 9.92. The minimum absolute atomic E-state index is 0.0734. The van der Waals surface area contributed by atoms with E-state index in [4.69, 9.17) is 37.9 Å². The standard InChI is InChI=1S/C18H26O10/c1-16(2)25-10-9(6-21-14(19)18(5)7-22-15(20)23-8-18)24-13-12(11(10)26-16)27-17(3,4)28-13/h9-13H,6-8H2,1-5H3/t9?,10-,11?,12?,13?/m1/s1. The molecule has 4 rings (SSSR count). The molecular formula is C18H26O10. The van der Waals surface area contributed by atoms with Crippen LogP contribution in [0.5, 0.6) is 0 Å². The van der Waals surface area contributed by atoms with Gasteiger partial charge in [0.15, 0.2) is 17.9 Å². The third kappa shape index (κ3) is 3.59. The number of cyclic esters (lactones) is 2. The smallest absolute Gasteiger partial charge is 0.462 e. The zero-order chi connectivity index (χ0) is 20.3. The third-order valence-corrected chi connectivity index (χ3v) is 5.14. The normalized spacial score (nSPS) is 40.0. The summed E-state index contributed by atoms with van der Waals surface area (Å²) in [5, 5.41) is 0. The Labute approximate surface area is 162 Å². The molecule has 0 aromatic carbocycles. The Balaban J connectivity index is 1.44. The quantitative estimate of drug-likeness (QED) is 0.637. The summed E-state index contributed by atoms with van der Waals surface area (Å²) in [4.78, 5) is 23.6. The van der Waals surface area contributed by atoms with Crippen LogP contribution in [0.25, 0.3) is 0 Å². The Bertz CT molecular complexity index is 649. The maximum Gasteiger partial charge on any atom is 0.508 e. The number of ether oxygens (including phenoxy) is 8. The van der Waals surface area contributed by atoms with Crippen molar-refractivity contribution in [1.29, 1.82) is 0 Å². The van der Waals surface area contributed by atoms with Crippen LogP contribution < -0.4 is 0 Å². The van der Waals surface area contributed by atoms with Crippen LogP contribution in [-0.2, 0) is 42.7 Å². The Hall–Kier alpha value is -1.46. The fourth-order valence-electron chi connectivity index (χ4n) is 3.80. The van der Waals surface area contributed by atoms with Crippen LogP contribution in [0, 0.1) is 5.41 Å². The maximum atomic E-state index is 12.5. The van der Waals surface area contributed by atoms with Crippen molar-refractivity contribution in [2.45, 2.75) is 76.9 Å². The van der Waals surface area contributed by atoms with Gasteiger partial charge in [-0.25, -0.2) is 4.79 Å². The number of fused-ring (bicyclic) bond motifs is 3. The van der Waals surface area contributed by atoms with Gasteiger partial charge in [0.1, 0.15) is 49.7 Å². The van der Waals surface area contributed by atoms with Gasteiger partial charge < -0.3 is 37.9 Å². The SMILES string of the molecule is CC1(C)OC2OC(COC(=O)C3(C)COC(=O)OC3)[C@H]3OC(C)(C)OC3C2O1. The number of esters is 1. The molecule has 10 heteroatoms. The molecular weight excluding hydrogens is 376 g/mol. The van der Waals surface area contributed by atoms with E-state index in [9.17, 15) is 9.59 Å². The van der Waals surface area contributed by atoms with Gasteiger partial charge >= 0.3 is 12.1 Å². The van der Waals surface area contributed by atoms with E-state index in [1.54, 1.807) is 34.6 Å². The van der Waals surface area contributed by atoms with E-state index in [1.807, 2.05) is 0 Å². The average Bonchev–Trinajstić information content (AvgIpc) is 3.09. The monoisotopic (exact) mass is 402 g/mol. The Kier molecular flexibility index (Phi) is 4.63. The van der Waals surface area contributed by atoms with Gasteiger partial charge in [0.2, 0.25) is 0 Å². The minimum Gasteiger partial charge on any atom is -0.462 e. The summed E-state index contributed by atoms with van der Waals surface area (Å²) in [6.45, 7) is 8.52. The van der Waals surface area contributed by atoms with Gasteiger partial charge in [0.05, 0.1) is 0 Å². The van der Waals surface area contributed by atoms with E-state index >= 15 is 0 Å². The summed E-state index contributed by atoms with van der Waals surface area (Å²) in [5.74, 6) is -2.20. The highest BCUT2D eigenvalue weighted by atomic mass is 16.9. The highest BCUT2D eigenvalue weighted by Gasteiger charge is 2.61. The van der Waals surface area contributed by atoms with Crippen molar-refractivity contribution >= 4 is 12.1 Å². The summed E-state index contributed by atoms with van der Waals surface area (Å²) in [6.07, 6.45) is -3.42. The van der Waals surface area contributed by atoms with Crippen molar-refractivity contribution < 1.29 is 47.5 Å². The lowest BCUT2D eigenvalue weighted by molar-refractivity contribution is -0.244. The molecule has 0 N–H and O–H groups in total. The van der Waals surface area contributed by atoms with Crippen molar-refractivity contribution in [2.24, 2.45) is 5.41 Å². The minimum atomic E-state index is -1.08. The first-order valence-electron chi connectivity index (χ1n) is 9.32. The first-order valence-corrected chi connectivity index (χ1v) is 9.32. The topological polar surface area (TPSA) is 108 Å². The van der Waals surface area contributed by atoms with Crippen LogP contribution in [0.15, 0.2) is 0 Å². The van der Waals surface area contributed by atoms with Crippen molar-refractivity contribution in [2.75, 3.05) is 19.8 Å².